The quantitative estimate of drug-likeness (QED) is 0.197. The zero-order valence-electron chi connectivity index (χ0n) is 25.6. The van der Waals surface area contributed by atoms with Gasteiger partial charge in [-0.25, -0.2) is 9.97 Å². The topological polar surface area (TPSA) is 69.6 Å². The summed E-state index contributed by atoms with van der Waals surface area (Å²) in [6.07, 6.45) is 5.49. The van der Waals surface area contributed by atoms with Crippen molar-refractivity contribution in [2.75, 3.05) is 0 Å². The molecule has 10 aromatic rings. The third kappa shape index (κ3) is 4.06. The maximum Gasteiger partial charge on any atom is 0.156 e. The summed E-state index contributed by atoms with van der Waals surface area (Å²) in [5.41, 5.74) is 9.00. The van der Waals surface area contributed by atoms with Crippen LogP contribution in [-0.2, 0) is 0 Å². The van der Waals surface area contributed by atoms with Crippen LogP contribution in [0.15, 0.2) is 156 Å². The molecule has 0 aliphatic carbocycles. The average Bonchev–Trinajstić information content (AvgIpc) is 3.71. The van der Waals surface area contributed by atoms with E-state index < -0.39 is 0 Å². The zero-order valence-corrected chi connectivity index (χ0v) is 25.6. The van der Waals surface area contributed by atoms with Gasteiger partial charge in [0.2, 0.25) is 0 Å². The summed E-state index contributed by atoms with van der Waals surface area (Å²) in [7, 11) is 0. The van der Waals surface area contributed by atoms with Gasteiger partial charge < -0.3 is 4.42 Å². The Hall–Kier alpha value is -6.66. The molecule has 0 bridgehead atoms. The monoisotopic (exact) mass is 615 g/mol. The lowest BCUT2D eigenvalue weighted by Crippen LogP contribution is -1.99. The van der Waals surface area contributed by atoms with E-state index in [1.54, 1.807) is 6.20 Å². The number of pyridine rings is 2. The lowest BCUT2D eigenvalue weighted by atomic mass is 10.0. The molecule has 5 heterocycles. The van der Waals surface area contributed by atoms with E-state index in [0.29, 0.717) is 0 Å². The molecule has 0 aliphatic rings. The second-order valence-electron chi connectivity index (χ2n) is 11.9. The summed E-state index contributed by atoms with van der Waals surface area (Å²) >= 11 is 0. The second kappa shape index (κ2) is 10.4. The van der Waals surface area contributed by atoms with Gasteiger partial charge in [0.05, 0.1) is 46.2 Å². The number of rotatable bonds is 4. The van der Waals surface area contributed by atoms with Gasteiger partial charge in [-0.15, -0.1) is 0 Å². The number of benzene rings is 5. The van der Waals surface area contributed by atoms with Gasteiger partial charge >= 0.3 is 0 Å². The lowest BCUT2D eigenvalue weighted by molar-refractivity contribution is 0.669. The fourth-order valence-electron chi connectivity index (χ4n) is 7.00. The number of hydrogen-bond donors (Lipinski definition) is 0. The summed E-state index contributed by atoms with van der Waals surface area (Å²) in [4.78, 5) is 19.5. The Kier molecular flexibility index (Phi) is 5.77. The van der Waals surface area contributed by atoms with Crippen molar-refractivity contribution in [1.29, 1.82) is 0 Å². The Morgan fingerprint density at radius 2 is 1.23 bits per heavy atom. The number of hydrogen-bond acceptors (Lipinski definition) is 5. The molecule has 0 unspecified atom stereocenters. The maximum absolute atomic E-state index is 6.43. The molecule has 0 N–H and O–H groups in total. The fraction of sp³-hybridized carbons (Fsp3) is 0. The molecule has 0 saturated carbocycles. The van der Waals surface area contributed by atoms with Gasteiger partial charge in [-0.3, -0.25) is 14.5 Å². The Labute approximate surface area is 274 Å². The first-order valence-corrected chi connectivity index (χ1v) is 15.9. The molecule has 0 amide bonds. The van der Waals surface area contributed by atoms with E-state index in [1.165, 1.54) is 10.8 Å². The molecule has 5 aromatic heterocycles. The van der Waals surface area contributed by atoms with Gasteiger partial charge in [0.1, 0.15) is 11.2 Å². The van der Waals surface area contributed by atoms with E-state index in [0.717, 1.165) is 83.5 Å². The van der Waals surface area contributed by atoms with E-state index >= 15 is 0 Å². The summed E-state index contributed by atoms with van der Waals surface area (Å²) < 4.78 is 8.63. The Bertz CT molecular complexity index is 2760. The summed E-state index contributed by atoms with van der Waals surface area (Å²) in [6.45, 7) is 0. The molecule has 0 spiro atoms. The third-order valence-electron chi connectivity index (χ3n) is 9.15. The van der Waals surface area contributed by atoms with Crippen molar-refractivity contribution < 1.29 is 4.42 Å². The molecule has 0 fully saturated rings. The Morgan fingerprint density at radius 3 is 2.08 bits per heavy atom. The van der Waals surface area contributed by atoms with Gasteiger partial charge in [0.25, 0.3) is 0 Å². The lowest BCUT2D eigenvalue weighted by Gasteiger charge is -2.10. The van der Waals surface area contributed by atoms with E-state index in [9.17, 15) is 0 Å². The van der Waals surface area contributed by atoms with Crippen molar-refractivity contribution in [3.8, 4) is 39.7 Å². The van der Waals surface area contributed by atoms with E-state index in [-0.39, 0.29) is 0 Å². The first-order valence-electron chi connectivity index (χ1n) is 15.9. The molecule has 0 radical (unpaired) electrons. The summed E-state index contributed by atoms with van der Waals surface area (Å²) in [6, 6.07) is 45.5. The SMILES string of the molecule is c1ccc(-c2cc(-c3cnc(-n4c5ccccc5c5c6c(ccc54)oc4ccc5ccccc5c46)cn3)cc(-c3ccccn3)n2)cc1. The predicted molar refractivity (Wildman–Crippen MR) is 193 cm³/mol. The molecule has 6 nitrogen and oxygen atoms in total. The molecule has 5 aromatic carbocycles. The van der Waals surface area contributed by atoms with Crippen molar-refractivity contribution in [2.24, 2.45) is 0 Å². The number of fused-ring (bicyclic) bond motifs is 9. The van der Waals surface area contributed by atoms with E-state index in [2.05, 4.69) is 101 Å². The van der Waals surface area contributed by atoms with Crippen LogP contribution in [-0.4, -0.2) is 24.5 Å². The number of para-hydroxylation sites is 1. The molecule has 0 saturated heterocycles. The van der Waals surface area contributed by atoms with Crippen LogP contribution in [0.3, 0.4) is 0 Å². The van der Waals surface area contributed by atoms with Crippen LogP contribution in [0.5, 0.6) is 0 Å². The molecule has 224 valence electrons. The highest BCUT2D eigenvalue weighted by molar-refractivity contribution is 6.31. The van der Waals surface area contributed by atoms with Crippen molar-refractivity contribution in [3.63, 3.8) is 0 Å². The van der Waals surface area contributed by atoms with Gasteiger partial charge in [0.15, 0.2) is 5.82 Å². The highest BCUT2D eigenvalue weighted by Crippen LogP contribution is 2.43. The van der Waals surface area contributed by atoms with Crippen molar-refractivity contribution in [2.45, 2.75) is 0 Å². The highest BCUT2D eigenvalue weighted by Gasteiger charge is 2.20. The first-order chi connectivity index (χ1) is 23.8. The van der Waals surface area contributed by atoms with Crippen LogP contribution in [0, 0.1) is 0 Å². The van der Waals surface area contributed by atoms with Crippen LogP contribution in [0.25, 0.3) is 94.2 Å². The van der Waals surface area contributed by atoms with Gasteiger partial charge in [0, 0.05) is 38.9 Å². The van der Waals surface area contributed by atoms with Crippen LogP contribution in [0.1, 0.15) is 0 Å². The number of nitrogens with zero attached hydrogens (tertiary/aromatic N) is 5. The minimum Gasteiger partial charge on any atom is -0.456 e. The standard InChI is InChI=1S/C42H25N5O/c1-2-11-27(12-3-1)32-22-28(23-33(46-32)31-15-8-9-21-43-31)34-24-45-39(25-44-34)47-35-16-7-6-14-30(35)40-36(47)18-20-38-42(40)41-29-13-5-4-10-26(29)17-19-37(41)48-38/h1-25H. The highest BCUT2D eigenvalue weighted by atomic mass is 16.3. The minimum absolute atomic E-state index is 0.740. The van der Waals surface area contributed by atoms with E-state index in [1.807, 2.05) is 54.9 Å². The van der Waals surface area contributed by atoms with Crippen LogP contribution < -0.4 is 0 Å². The molecule has 48 heavy (non-hydrogen) atoms. The van der Waals surface area contributed by atoms with Gasteiger partial charge in [-0.1, -0.05) is 84.9 Å². The average molecular weight is 616 g/mol. The van der Waals surface area contributed by atoms with Crippen LogP contribution in [0.2, 0.25) is 0 Å². The molecule has 0 aliphatic heterocycles. The van der Waals surface area contributed by atoms with E-state index in [4.69, 9.17) is 19.4 Å². The van der Waals surface area contributed by atoms with Crippen LogP contribution >= 0.6 is 0 Å². The Balaban J connectivity index is 1.17. The maximum atomic E-state index is 6.43. The van der Waals surface area contributed by atoms with Crippen LogP contribution in [0.4, 0.5) is 0 Å². The minimum atomic E-state index is 0.740. The number of furan rings is 1. The zero-order chi connectivity index (χ0) is 31.6. The first kappa shape index (κ1) is 26.5. The predicted octanol–water partition coefficient (Wildman–Crippen LogP) is 10.4. The van der Waals surface area contributed by atoms with Crippen molar-refractivity contribution in [1.82, 2.24) is 24.5 Å². The summed E-state index contributed by atoms with van der Waals surface area (Å²) in [5, 5.41) is 6.90. The number of aromatic nitrogens is 5. The molecular formula is C42H25N5O. The van der Waals surface area contributed by atoms with Gasteiger partial charge in [-0.05, 0) is 59.3 Å². The third-order valence-corrected chi connectivity index (χ3v) is 9.15. The second-order valence-corrected chi connectivity index (χ2v) is 11.9. The Morgan fingerprint density at radius 1 is 0.458 bits per heavy atom. The molecule has 6 heteroatoms. The van der Waals surface area contributed by atoms with Crippen molar-refractivity contribution >= 4 is 54.5 Å². The fourth-order valence-corrected chi connectivity index (χ4v) is 7.00. The molecule has 10 rings (SSSR count). The molecule has 0 atom stereocenters. The summed E-state index contributed by atoms with van der Waals surface area (Å²) in [5.74, 6) is 0.740. The van der Waals surface area contributed by atoms with Crippen molar-refractivity contribution in [3.05, 3.63) is 152 Å². The molecular weight excluding hydrogens is 590 g/mol. The largest absolute Gasteiger partial charge is 0.456 e. The van der Waals surface area contributed by atoms with Gasteiger partial charge in [-0.2, -0.15) is 0 Å². The normalized spacial score (nSPS) is 11.8. The smallest absolute Gasteiger partial charge is 0.156 e.